The zero-order valence-electron chi connectivity index (χ0n) is 15.4. The molecule has 1 fully saturated rings. The fraction of sp³-hybridized carbons (Fsp3) is 0.381. The Balaban J connectivity index is 1.42. The molecular formula is C21H23N3O3. The summed E-state index contributed by atoms with van der Waals surface area (Å²) in [6.07, 6.45) is 8.10. The van der Waals surface area contributed by atoms with E-state index in [1.165, 1.54) is 0 Å². The number of hydrogen-bond acceptors (Lipinski definition) is 5. The van der Waals surface area contributed by atoms with Gasteiger partial charge in [-0.05, 0) is 37.0 Å². The maximum atomic E-state index is 12.9. The number of hydrogen-bond donors (Lipinski definition) is 0. The Morgan fingerprint density at radius 2 is 2.11 bits per heavy atom. The third kappa shape index (κ3) is 3.94. The van der Waals surface area contributed by atoms with Crippen LogP contribution in [0.5, 0.6) is 11.8 Å². The highest BCUT2D eigenvalue weighted by Gasteiger charge is 2.28. The molecule has 3 heterocycles. The standard InChI is InChI=1S/C21H23N3O3/c1-2-15-11-22-21(23-12-15)27-18-7-5-9-24(13-18)20(25)17-10-16-6-3-4-8-19(16)26-14-17/h3-4,6,8,10-12,18H,2,5,7,9,13-14H2,1H3. The van der Waals surface area contributed by atoms with Gasteiger partial charge in [0.15, 0.2) is 0 Å². The van der Waals surface area contributed by atoms with E-state index >= 15 is 0 Å². The fourth-order valence-corrected chi connectivity index (χ4v) is 3.40. The Morgan fingerprint density at radius 1 is 1.30 bits per heavy atom. The zero-order chi connectivity index (χ0) is 18.6. The zero-order valence-corrected chi connectivity index (χ0v) is 15.4. The van der Waals surface area contributed by atoms with Crippen molar-refractivity contribution >= 4 is 12.0 Å². The number of nitrogens with zero attached hydrogens (tertiary/aromatic N) is 3. The summed E-state index contributed by atoms with van der Waals surface area (Å²) in [5, 5.41) is 0. The molecule has 2 aromatic rings. The number of fused-ring (bicyclic) bond motifs is 1. The molecule has 1 aromatic carbocycles. The van der Waals surface area contributed by atoms with Crippen LogP contribution in [0.15, 0.2) is 42.2 Å². The van der Waals surface area contributed by atoms with E-state index < -0.39 is 0 Å². The predicted molar refractivity (Wildman–Crippen MR) is 102 cm³/mol. The van der Waals surface area contributed by atoms with Gasteiger partial charge in [0.1, 0.15) is 18.5 Å². The lowest BCUT2D eigenvalue weighted by Crippen LogP contribution is -2.45. The highest BCUT2D eigenvalue weighted by Crippen LogP contribution is 2.27. The molecule has 4 rings (SSSR count). The Bertz CT molecular complexity index is 848. The Hall–Kier alpha value is -2.89. The van der Waals surface area contributed by atoms with Gasteiger partial charge in [0.25, 0.3) is 5.91 Å². The van der Waals surface area contributed by atoms with Crippen molar-refractivity contribution in [2.45, 2.75) is 32.3 Å². The molecule has 27 heavy (non-hydrogen) atoms. The van der Waals surface area contributed by atoms with Crippen molar-refractivity contribution in [2.75, 3.05) is 19.7 Å². The number of carbonyl (C=O) groups excluding carboxylic acids is 1. The molecule has 0 spiro atoms. The smallest absolute Gasteiger partial charge is 0.316 e. The van der Waals surface area contributed by atoms with Crippen LogP contribution in [-0.2, 0) is 11.2 Å². The number of rotatable bonds is 4. The van der Waals surface area contributed by atoms with Crippen molar-refractivity contribution in [3.63, 3.8) is 0 Å². The molecule has 1 aromatic heterocycles. The minimum absolute atomic E-state index is 0.0139. The molecule has 6 nitrogen and oxygen atoms in total. The van der Waals surface area contributed by atoms with Gasteiger partial charge in [-0.25, -0.2) is 9.97 Å². The second kappa shape index (κ2) is 7.78. The van der Waals surface area contributed by atoms with Crippen LogP contribution in [-0.4, -0.2) is 46.6 Å². The lowest BCUT2D eigenvalue weighted by Gasteiger charge is -2.33. The SMILES string of the molecule is CCc1cnc(OC2CCCN(C(=O)C3=Cc4ccccc4OC3)C2)nc1. The van der Waals surface area contributed by atoms with E-state index in [9.17, 15) is 4.79 Å². The van der Waals surface area contributed by atoms with Crippen LogP contribution in [0.2, 0.25) is 0 Å². The van der Waals surface area contributed by atoms with Crippen molar-refractivity contribution < 1.29 is 14.3 Å². The van der Waals surface area contributed by atoms with Crippen molar-refractivity contribution in [3.05, 3.63) is 53.4 Å². The number of para-hydroxylation sites is 1. The number of piperidine rings is 1. The summed E-state index contributed by atoms with van der Waals surface area (Å²) in [5.74, 6) is 0.835. The molecule has 0 saturated carbocycles. The predicted octanol–water partition coefficient (Wildman–Crippen LogP) is 2.88. The maximum Gasteiger partial charge on any atom is 0.316 e. The molecule has 0 radical (unpaired) electrons. The fourth-order valence-electron chi connectivity index (χ4n) is 3.40. The lowest BCUT2D eigenvalue weighted by atomic mass is 10.0. The minimum Gasteiger partial charge on any atom is -0.488 e. The Morgan fingerprint density at radius 3 is 2.93 bits per heavy atom. The van der Waals surface area contributed by atoms with Crippen LogP contribution in [0.3, 0.4) is 0 Å². The van der Waals surface area contributed by atoms with Gasteiger partial charge in [-0.3, -0.25) is 4.79 Å². The number of ether oxygens (including phenoxy) is 2. The Labute approximate surface area is 158 Å². The van der Waals surface area contributed by atoms with Gasteiger partial charge in [-0.2, -0.15) is 0 Å². The average molecular weight is 365 g/mol. The molecule has 6 heteroatoms. The Kier molecular flexibility index (Phi) is 5.05. The molecular weight excluding hydrogens is 342 g/mol. The second-order valence-electron chi connectivity index (χ2n) is 6.86. The minimum atomic E-state index is -0.0902. The summed E-state index contributed by atoms with van der Waals surface area (Å²) in [7, 11) is 0. The summed E-state index contributed by atoms with van der Waals surface area (Å²) in [6.45, 7) is 3.63. The molecule has 1 unspecified atom stereocenters. The van der Waals surface area contributed by atoms with Gasteiger partial charge in [0, 0.05) is 24.5 Å². The van der Waals surface area contributed by atoms with E-state index in [0.717, 1.165) is 42.7 Å². The molecule has 140 valence electrons. The van der Waals surface area contributed by atoms with E-state index in [2.05, 4.69) is 16.9 Å². The van der Waals surface area contributed by atoms with Crippen molar-refractivity contribution in [2.24, 2.45) is 0 Å². The van der Waals surface area contributed by atoms with Gasteiger partial charge < -0.3 is 14.4 Å². The van der Waals surface area contributed by atoms with E-state index in [0.29, 0.717) is 24.7 Å². The quantitative estimate of drug-likeness (QED) is 0.834. The first kappa shape index (κ1) is 17.5. The number of aryl methyl sites for hydroxylation is 1. The third-order valence-corrected chi connectivity index (χ3v) is 4.93. The number of carbonyl (C=O) groups is 1. The number of aromatic nitrogens is 2. The largest absolute Gasteiger partial charge is 0.488 e. The molecule has 0 N–H and O–H groups in total. The van der Waals surface area contributed by atoms with Gasteiger partial charge in [-0.15, -0.1) is 0 Å². The van der Waals surface area contributed by atoms with Gasteiger partial charge in [0.2, 0.25) is 0 Å². The third-order valence-electron chi connectivity index (χ3n) is 4.93. The maximum absolute atomic E-state index is 12.9. The number of amides is 1. The first-order valence-electron chi connectivity index (χ1n) is 9.42. The summed E-state index contributed by atoms with van der Waals surface area (Å²) in [5.41, 5.74) is 2.70. The van der Waals surface area contributed by atoms with Crippen LogP contribution < -0.4 is 9.47 Å². The van der Waals surface area contributed by atoms with Gasteiger partial charge >= 0.3 is 6.01 Å². The number of benzene rings is 1. The van der Waals surface area contributed by atoms with Crippen LogP contribution in [0.1, 0.15) is 30.9 Å². The van der Waals surface area contributed by atoms with Crippen molar-refractivity contribution in [3.8, 4) is 11.8 Å². The molecule has 1 saturated heterocycles. The van der Waals surface area contributed by atoms with Crippen LogP contribution in [0.25, 0.3) is 6.08 Å². The van der Waals surface area contributed by atoms with Crippen molar-refractivity contribution in [1.82, 2.24) is 14.9 Å². The molecule has 0 aliphatic carbocycles. The first-order chi connectivity index (χ1) is 13.2. The van der Waals surface area contributed by atoms with Crippen LogP contribution in [0, 0.1) is 0 Å². The van der Waals surface area contributed by atoms with E-state index in [1.54, 1.807) is 12.4 Å². The second-order valence-corrected chi connectivity index (χ2v) is 6.86. The summed E-state index contributed by atoms with van der Waals surface area (Å²) >= 11 is 0. The topological polar surface area (TPSA) is 64.5 Å². The molecule has 2 aliphatic rings. The summed E-state index contributed by atoms with van der Waals surface area (Å²) in [4.78, 5) is 23.3. The highest BCUT2D eigenvalue weighted by atomic mass is 16.5. The number of likely N-dealkylation sites (tertiary alicyclic amines) is 1. The highest BCUT2D eigenvalue weighted by molar-refractivity contribution is 5.99. The lowest BCUT2D eigenvalue weighted by molar-refractivity contribution is -0.130. The van der Waals surface area contributed by atoms with Gasteiger partial charge in [0.05, 0.1) is 12.1 Å². The average Bonchev–Trinajstić information content (AvgIpc) is 2.73. The van der Waals surface area contributed by atoms with Crippen LogP contribution in [0.4, 0.5) is 0 Å². The van der Waals surface area contributed by atoms with E-state index in [1.807, 2.05) is 35.2 Å². The van der Waals surface area contributed by atoms with Crippen LogP contribution >= 0.6 is 0 Å². The molecule has 1 amide bonds. The summed E-state index contributed by atoms with van der Waals surface area (Å²) < 4.78 is 11.6. The molecule has 2 aliphatic heterocycles. The normalized spacial score (nSPS) is 18.9. The van der Waals surface area contributed by atoms with E-state index in [4.69, 9.17) is 9.47 Å². The van der Waals surface area contributed by atoms with Gasteiger partial charge in [-0.1, -0.05) is 25.1 Å². The van der Waals surface area contributed by atoms with E-state index in [-0.39, 0.29) is 12.0 Å². The van der Waals surface area contributed by atoms with Crippen molar-refractivity contribution in [1.29, 1.82) is 0 Å². The summed E-state index contributed by atoms with van der Waals surface area (Å²) in [6, 6.07) is 8.13. The monoisotopic (exact) mass is 365 g/mol. The first-order valence-corrected chi connectivity index (χ1v) is 9.42. The molecule has 1 atom stereocenters. The molecule has 0 bridgehead atoms.